The Kier molecular flexibility index (Phi) is 4.60. The lowest BCUT2D eigenvalue weighted by Crippen LogP contribution is -2.50. The van der Waals surface area contributed by atoms with E-state index in [1.807, 2.05) is 31.2 Å². The maximum atomic E-state index is 13.8. The molecule has 0 N–H and O–H groups in total. The fraction of sp³-hybridized carbons (Fsp3) is 0.263. The van der Waals surface area contributed by atoms with E-state index in [1.165, 1.54) is 12.1 Å². The Hall–Kier alpha value is -2.69. The molecule has 5 heteroatoms. The first-order chi connectivity index (χ1) is 11.6. The van der Waals surface area contributed by atoms with E-state index in [-0.39, 0.29) is 17.4 Å². The summed E-state index contributed by atoms with van der Waals surface area (Å²) in [5.41, 5.74) is 1.70. The first-order valence-electron chi connectivity index (χ1n) is 7.96. The van der Waals surface area contributed by atoms with E-state index >= 15 is 0 Å². The lowest BCUT2D eigenvalue weighted by Gasteiger charge is -2.35. The highest BCUT2D eigenvalue weighted by Gasteiger charge is 2.27. The van der Waals surface area contributed by atoms with Crippen LogP contribution in [0.3, 0.4) is 0 Å². The Morgan fingerprint density at radius 3 is 1.79 bits per heavy atom. The summed E-state index contributed by atoms with van der Waals surface area (Å²) in [6.07, 6.45) is 0. The van der Waals surface area contributed by atoms with Gasteiger partial charge in [0.15, 0.2) is 0 Å². The van der Waals surface area contributed by atoms with Crippen LogP contribution in [0.15, 0.2) is 48.5 Å². The van der Waals surface area contributed by atoms with Gasteiger partial charge in [0, 0.05) is 31.7 Å². The molecule has 24 heavy (non-hydrogen) atoms. The first-order valence-corrected chi connectivity index (χ1v) is 7.96. The van der Waals surface area contributed by atoms with Gasteiger partial charge in [-0.1, -0.05) is 30.3 Å². The number of carbonyl (C=O) groups excluding carboxylic acids is 2. The van der Waals surface area contributed by atoms with Crippen molar-refractivity contribution in [3.05, 3.63) is 71.0 Å². The van der Waals surface area contributed by atoms with E-state index in [9.17, 15) is 14.0 Å². The molecule has 124 valence electrons. The zero-order chi connectivity index (χ0) is 17.1. The van der Waals surface area contributed by atoms with Crippen molar-refractivity contribution in [2.24, 2.45) is 0 Å². The molecule has 0 atom stereocenters. The SMILES string of the molecule is Cc1ccccc1C(=O)N1CCN(C(=O)c2ccccc2F)CC1. The summed E-state index contributed by atoms with van der Waals surface area (Å²) in [4.78, 5) is 28.3. The molecule has 1 heterocycles. The predicted molar refractivity (Wildman–Crippen MR) is 89.4 cm³/mol. The van der Waals surface area contributed by atoms with Crippen LogP contribution in [0.1, 0.15) is 26.3 Å². The van der Waals surface area contributed by atoms with Crippen LogP contribution in [-0.4, -0.2) is 47.8 Å². The van der Waals surface area contributed by atoms with Gasteiger partial charge in [-0.05, 0) is 30.7 Å². The van der Waals surface area contributed by atoms with Gasteiger partial charge in [-0.3, -0.25) is 9.59 Å². The second-order valence-electron chi connectivity index (χ2n) is 5.88. The lowest BCUT2D eigenvalue weighted by atomic mass is 10.1. The molecule has 1 aliphatic rings. The van der Waals surface area contributed by atoms with Crippen molar-refractivity contribution in [3.63, 3.8) is 0 Å². The number of nitrogens with zero attached hydrogens (tertiary/aromatic N) is 2. The predicted octanol–water partition coefficient (Wildman–Crippen LogP) is 2.73. The van der Waals surface area contributed by atoms with Crippen molar-refractivity contribution < 1.29 is 14.0 Å². The molecule has 0 saturated carbocycles. The topological polar surface area (TPSA) is 40.6 Å². The molecule has 0 aliphatic carbocycles. The normalized spacial score (nSPS) is 14.6. The van der Waals surface area contributed by atoms with E-state index in [1.54, 1.807) is 21.9 Å². The van der Waals surface area contributed by atoms with Gasteiger partial charge in [0.2, 0.25) is 0 Å². The molecule has 0 spiro atoms. The van der Waals surface area contributed by atoms with E-state index in [0.717, 1.165) is 5.56 Å². The molecule has 0 radical (unpaired) electrons. The zero-order valence-electron chi connectivity index (χ0n) is 13.5. The van der Waals surface area contributed by atoms with Crippen molar-refractivity contribution in [1.82, 2.24) is 9.80 Å². The van der Waals surface area contributed by atoms with E-state index < -0.39 is 5.82 Å². The average Bonchev–Trinajstić information content (AvgIpc) is 2.61. The molecule has 3 rings (SSSR count). The van der Waals surface area contributed by atoms with Crippen molar-refractivity contribution in [2.45, 2.75) is 6.92 Å². The number of carbonyl (C=O) groups is 2. The highest BCUT2D eigenvalue weighted by atomic mass is 19.1. The Labute approximate surface area is 140 Å². The van der Waals surface area contributed by atoms with E-state index in [0.29, 0.717) is 31.7 Å². The molecule has 1 fully saturated rings. The largest absolute Gasteiger partial charge is 0.335 e. The summed E-state index contributed by atoms with van der Waals surface area (Å²) in [7, 11) is 0. The highest BCUT2D eigenvalue weighted by Crippen LogP contribution is 2.15. The third-order valence-corrected chi connectivity index (χ3v) is 4.33. The van der Waals surface area contributed by atoms with E-state index in [4.69, 9.17) is 0 Å². The van der Waals surface area contributed by atoms with Gasteiger partial charge in [0.1, 0.15) is 5.82 Å². The summed E-state index contributed by atoms with van der Waals surface area (Å²) in [6, 6.07) is 13.4. The minimum absolute atomic E-state index is 0.0221. The Bertz CT molecular complexity index is 702. The molecule has 0 aromatic heterocycles. The standard InChI is InChI=1S/C19H19FN2O2/c1-14-6-2-3-7-15(14)18(23)21-10-12-22(13-11-21)19(24)16-8-4-5-9-17(16)20/h2-9H,10-13H2,1H3. The van der Waals surface area contributed by atoms with Crippen molar-refractivity contribution >= 4 is 11.8 Å². The van der Waals surface area contributed by atoms with Crippen LogP contribution >= 0.6 is 0 Å². The molecule has 0 unspecified atom stereocenters. The molecule has 2 aromatic rings. The number of hydrogen-bond acceptors (Lipinski definition) is 2. The van der Waals surface area contributed by atoms with Gasteiger partial charge in [-0.25, -0.2) is 4.39 Å². The molecule has 1 aliphatic heterocycles. The highest BCUT2D eigenvalue weighted by molar-refractivity contribution is 5.96. The Balaban J connectivity index is 1.66. The van der Waals surface area contributed by atoms with Crippen molar-refractivity contribution in [2.75, 3.05) is 26.2 Å². The molecular formula is C19H19FN2O2. The summed E-state index contributed by atoms with van der Waals surface area (Å²) in [5, 5.41) is 0. The number of aryl methyl sites for hydroxylation is 1. The fourth-order valence-corrected chi connectivity index (χ4v) is 2.90. The van der Waals surface area contributed by atoms with Crippen LogP contribution in [0.5, 0.6) is 0 Å². The van der Waals surface area contributed by atoms with Crippen molar-refractivity contribution in [1.29, 1.82) is 0 Å². The van der Waals surface area contributed by atoms with Crippen LogP contribution in [0.4, 0.5) is 4.39 Å². The summed E-state index contributed by atoms with van der Waals surface area (Å²) >= 11 is 0. The Morgan fingerprint density at radius 1 is 0.792 bits per heavy atom. The van der Waals surface area contributed by atoms with Gasteiger partial charge in [0.25, 0.3) is 11.8 Å². The third kappa shape index (κ3) is 3.15. The van der Waals surface area contributed by atoms with Crippen LogP contribution in [0.2, 0.25) is 0 Å². The molecule has 0 bridgehead atoms. The lowest BCUT2D eigenvalue weighted by molar-refractivity contribution is 0.0532. The van der Waals surface area contributed by atoms with Gasteiger partial charge in [-0.2, -0.15) is 0 Å². The number of rotatable bonds is 2. The number of amides is 2. The van der Waals surface area contributed by atoms with Gasteiger partial charge in [-0.15, -0.1) is 0 Å². The minimum atomic E-state index is -0.513. The number of halogens is 1. The van der Waals surface area contributed by atoms with Crippen LogP contribution in [-0.2, 0) is 0 Å². The molecule has 4 nitrogen and oxygen atoms in total. The first kappa shape index (κ1) is 16.2. The van der Waals surface area contributed by atoms with Crippen LogP contribution in [0.25, 0.3) is 0 Å². The number of benzene rings is 2. The molecule has 2 aromatic carbocycles. The monoisotopic (exact) mass is 326 g/mol. The number of piperazine rings is 1. The second-order valence-corrected chi connectivity index (χ2v) is 5.88. The zero-order valence-corrected chi connectivity index (χ0v) is 13.5. The second kappa shape index (κ2) is 6.83. The maximum Gasteiger partial charge on any atom is 0.256 e. The quantitative estimate of drug-likeness (QED) is 0.851. The summed E-state index contributed by atoms with van der Waals surface area (Å²) in [6.45, 7) is 3.63. The summed E-state index contributed by atoms with van der Waals surface area (Å²) < 4.78 is 13.8. The van der Waals surface area contributed by atoms with E-state index in [2.05, 4.69) is 0 Å². The van der Waals surface area contributed by atoms with Crippen LogP contribution < -0.4 is 0 Å². The molecular weight excluding hydrogens is 307 g/mol. The van der Waals surface area contributed by atoms with Gasteiger partial charge >= 0.3 is 0 Å². The van der Waals surface area contributed by atoms with Crippen LogP contribution in [0, 0.1) is 12.7 Å². The molecule has 1 saturated heterocycles. The third-order valence-electron chi connectivity index (χ3n) is 4.33. The van der Waals surface area contributed by atoms with Gasteiger partial charge < -0.3 is 9.80 Å². The minimum Gasteiger partial charge on any atom is -0.335 e. The average molecular weight is 326 g/mol. The maximum absolute atomic E-state index is 13.8. The molecule has 2 amide bonds. The van der Waals surface area contributed by atoms with Gasteiger partial charge in [0.05, 0.1) is 5.56 Å². The fourth-order valence-electron chi connectivity index (χ4n) is 2.90. The Morgan fingerprint density at radius 2 is 1.25 bits per heavy atom. The van der Waals surface area contributed by atoms with Crippen molar-refractivity contribution in [3.8, 4) is 0 Å². The summed E-state index contributed by atoms with van der Waals surface area (Å²) in [5.74, 6) is -0.858. The smallest absolute Gasteiger partial charge is 0.256 e. The number of hydrogen-bond donors (Lipinski definition) is 0.